The van der Waals surface area contributed by atoms with Crippen LogP contribution < -0.4 is 0 Å². The van der Waals surface area contributed by atoms with Gasteiger partial charge in [0.25, 0.3) is 10.0 Å². The molecule has 1 aromatic heterocycles. The average molecular weight is 492 g/mol. The van der Waals surface area contributed by atoms with Gasteiger partial charge in [-0.2, -0.15) is 30.6 Å². The number of likely N-dealkylation sites (tertiary alicyclic amines) is 1. The number of carbonyl (C=O) groups is 1. The standard InChI is InChI=1S/C16H18F6N4O5S/c17-15(18,19)12(16(20,21)22)10-8-26(32(29,30)11-7-23-3-4-24-11)9-14(31-10)1-5-25(6-2-14)13(27)28/h3-4,7,10,12H,1-2,5-6,8-9H2,(H,27,28). The van der Waals surface area contributed by atoms with Crippen molar-refractivity contribution < 1.29 is 49.4 Å². The van der Waals surface area contributed by atoms with Crippen molar-refractivity contribution in [2.45, 2.75) is 41.9 Å². The molecule has 1 unspecified atom stereocenters. The summed E-state index contributed by atoms with van der Waals surface area (Å²) in [6, 6.07) is 0. The molecular weight excluding hydrogens is 474 g/mol. The third-order valence-electron chi connectivity index (χ3n) is 5.42. The minimum atomic E-state index is -5.76. The highest BCUT2D eigenvalue weighted by atomic mass is 32.2. The first kappa shape index (κ1) is 24.4. The van der Waals surface area contributed by atoms with E-state index in [4.69, 9.17) is 9.84 Å². The van der Waals surface area contributed by atoms with Crippen molar-refractivity contribution in [2.75, 3.05) is 26.2 Å². The van der Waals surface area contributed by atoms with E-state index in [1.165, 1.54) is 0 Å². The summed E-state index contributed by atoms with van der Waals surface area (Å²) in [5.74, 6) is -3.94. The molecule has 3 heterocycles. The van der Waals surface area contributed by atoms with E-state index in [9.17, 15) is 39.6 Å². The van der Waals surface area contributed by atoms with Gasteiger partial charge in [0, 0.05) is 38.6 Å². The topological polar surface area (TPSA) is 113 Å². The monoisotopic (exact) mass is 492 g/mol. The van der Waals surface area contributed by atoms with E-state index in [-0.39, 0.29) is 25.9 Å². The smallest absolute Gasteiger partial charge is 0.407 e. The Bertz CT molecular complexity index is 920. The summed E-state index contributed by atoms with van der Waals surface area (Å²) < 4.78 is 112. The van der Waals surface area contributed by atoms with Crippen molar-refractivity contribution in [3.8, 4) is 0 Å². The molecule has 1 spiro atoms. The number of alkyl halides is 6. The van der Waals surface area contributed by atoms with E-state index in [1.54, 1.807) is 0 Å². The number of morpholine rings is 1. The molecule has 9 nitrogen and oxygen atoms in total. The first-order chi connectivity index (χ1) is 14.7. The van der Waals surface area contributed by atoms with Crippen LogP contribution in [0.15, 0.2) is 23.6 Å². The average Bonchev–Trinajstić information content (AvgIpc) is 2.66. The number of carboxylic acid groups (broad SMARTS) is 1. The number of hydrogen-bond donors (Lipinski definition) is 1. The second-order valence-corrected chi connectivity index (χ2v) is 9.40. The molecule has 3 rings (SSSR count). The molecule has 2 fully saturated rings. The normalized spacial score (nSPS) is 23.0. The maximum Gasteiger partial charge on any atom is 0.407 e. The maximum absolute atomic E-state index is 13.4. The van der Waals surface area contributed by atoms with Gasteiger partial charge in [-0.3, -0.25) is 4.98 Å². The zero-order valence-electron chi connectivity index (χ0n) is 16.2. The van der Waals surface area contributed by atoms with Crippen LogP contribution in [0.4, 0.5) is 31.1 Å². The largest absolute Gasteiger partial charge is 0.465 e. The van der Waals surface area contributed by atoms with Crippen LogP contribution in [0.2, 0.25) is 0 Å². The SMILES string of the molecule is O=C(O)N1CCC2(CC1)CN(S(=O)(=O)c1cnccn1)CC(C(C(F)(F)F)C(F)(F)F)O2. The van der Waals surface area contributed by atoms with Gasteiger partial charge < -0.3 is 14.7 Å². The number of nitrogens with zero attached hydrogens (tertiary/aromatic N) is 4. The summed E-state index contributed by atoms with van der Waals surface area (Å²) in [4.78, 5) is 19.2. The molecule has 2 aliphatic rings. The van der Waals surface area contributed by atoms with Crippen LogP contribution in [-0.4, -0.2) is 89.0 Å². The highest BCUT2D eigenvalue weighted by Crippen LogP contribution is 2.46. The molecule has 1 N–H and O–H groups in total. The Morgan fingerprint density at radius 3 is 2.22 bits per heavy atom. The molecule has 0 saturated carbocycles. The summed E-state index contributed by atoms with van der Waals surface area (Å²) in [7, 11) is -4.61. The summed E-state index contributed by atoms with van der Waals surface area (Å²) in [5, 5.41) is 8.43. The van der Waals surface area contributed by atoms with E-state index in [2.05, 4.69) is 9.97 Å². The molecule has 2 saturated heterocycles. The third-order valence-corrected chi connectivity index (χ3v) is 7.11. The number of halogens is 6. The molecule has 1 amide bonds. The van der Waals surface area contributed by atoms with Gasteiger partial charge in [0.05, 0.1) is 17.9 Å². The Morgan fingerprint density at radius 2 is 1.75 bits per heavy atom. The van der Waals surface area contributed by atoms with Crippen LogP contribution in [-0.2, 0) is 14.8 Å². The lowest BCUT2D eigenvalue weighted by Gasteiger charge is -2.50. The van der Waals surface area contributed by atoms with E-state index in [0.29, 0.717) is 4.31 Å². The van der Waals surface area contributed by atoms with Crippen molar-refractivity contribution in [3.05, 3.63) is 18.6 Å². The minimum Gasteiger partial charge on any atom is -0.465 e. The fraction of sp³-hybridized carbons (Fsp3) is 0.688. The van der Waals surface area contributed by atoms with Crippen LogP contribution in [0.25, 0.3) is 0 Å². The second-order valence-electron chi connectivity index (χ2n) is 7.51. The lowest BCUT2D eigenvalue weighted by Crippen LogP contribution is -2.64. The molecule has 32 heavy (non-hydrogen) atoms. The number of aromatic nitrogens is 2. The molecule has 1 aromatic rings. The number of sulfonamides is 1. The molecule has 0 radical (unpaired) electrons. The summed E-state index contributed by atoms with van der Waals surface area (Å²) in [6.07, 6.45) is -13.0. The predicted molar refractivity (Wildman–Crippen MR) is 92.8 cm³/mol. The molecule has 2 aliphatic heterocycles. The molecule has 0 aliphatic carbocycles. The van der Waals surface area contributed by atoms with E-state index >= 15 is 0 Å². The van der Waals surface area contributed by atoms with Crippen LogP contribution in [0.3, 0.4) is 0 Å². The fourth-order valence-electron chi connectivity index (χ4n) is 3.88. The van der Waals surface area contributed by atoms with Crippen molar-refractivity contribution in [2.24, 2.45) is 5.92 Å². The first-order valence-electron chi connectivity index (χ1n) is 9.21. The summed E-state index contributed by atoms with van der Waals surface area (Å²) in [5.41, 5.74) is -1.74. The van der Waals surface area contributed by atoms with E-state index in [0.717, 1.165) is 23.5 Å². The quantitative estimate of drug-likeness (QED) is 0.644. The number of ether oxygens (including phenoxy) is 1. The second kappa shape index (κ2) is 8.30. The van der Waals surface area contributed by atoms with Gasteiger partial charge in [0.15, 0.2) is 10.9 Å². The Labute approximate surface area is 178 Å². The van der Waals surface area contributed by atoms with E-state index in [1.807, 2.05) is 0 Å². The van der Waals surface area contributed by atoms with Gasteiger partial charge in [-0.15, -0.1) is 0 Å². The van der Waals surface area contributed by atoms with Crippen LogP contribution in [0, 0.1) is 5.92 Å². The van der Waals surface area contributed by atoms with Gasteiger partial charge in [-0.1, -0.05) is 0 Å². The van der Waals surface area contributed by atoms with Gasteiger partial charge in [0.1, 0.15) is 0 Å². The zero-order chi connectivity index (χ0) is 23.9. The number of piperidine rings is 1. The molecule has 1 atom stereocenters. The van der Waals surface area contributed by atoms with Crippen LogP contribution in [0.1, 0.15) is 12.8 Å². The Hall–Kier alpha value is -2.20. The molecular formula is C16H18F6N4O5S. The van der Waals surface area contributed by atoms with Crippen molar-refractivity contribution in [3.63, 3.8) is 0 Å². The minimum absolute atomic E-state index is 0.246. The van der Waals surface area contributed by atoms with Crippen molar-refractivity contribution in [1.82, 2.24) is 19.2 Å². The number of hydrogen-bond acceptors (Lipinski definition) is 6. The van der Waals surface area contributed by atoms with Gasteiger partial charge in [0.2, 0.25) is 0 Å². The van der Waals surface area contributed by atoms with Gasteiger partial charge >= 0.3 is 18.4 Å². The Morgan fingerprint density at radius 1 is 1.16 bits per heavy atom. The van der Waals surface area contributed by atoms with Crippen molar-refractivity contribution >= 4 is 16.1 Å². The summed E-state index contributed by atoms with van der Waals surface area (Å²) in [6.45, 7) is -2.27. The maximum atomic E-state index is 13.4. The lowest BCUT2D eigenvalue weighted by atomic mass is 9.87. The summed E-state index contributed by atoms with van der Waals surface area (Å²) >= 11 is 0. The van der Waals surface area contributed by atoms with E-state index < -0.39 is 64.2 Å². The highest BCUT2D eigenvalue weighted by Gasteiger charge is 2.64. The predicted octanol–water partition coefficient (Wildman–Crippen LogP) is 2.12. The zero-order valence-corrected chi connectivity index (χ0v) is 17.0. The number of rotatable bonds is 3. The Kier molecular flexibility index (Phi) is 6.34. The molecule has 180 valence electrons. The molecule has 16 heteroatoms. The molecule has 0 aromatic carbocycles. The number of amides is 1. The van der Waals surface area contributed by atoms with Crippen LogP contribution in [0.5, 0.6) is 0 Å². The third kappa shape index (κ3) is 4.91. The highest BCUT2D eigenvalue weighted by molar-refractivity contribution is 7.89. The molecule has 0 bridgehead atoms. The van der Waals surface area contributed by atoms with Crippen LogP contribution >= 0.6 is 0 Å². The van der Waals surface area contributed by atoms with Gasteiger partial charge in [-0.05, 0) is 12.8 Å². The fourth-order valence-corrected chi connectivity index (χ4v) is 5.28. The lowest BCUT2D eigenvalue weighted by molar-refractivity contribution is -0.328. The Balaban J connectivity index is 2.01. The van der Waals surface area contributed by atoms with Gasteiger partial charge in [-0.25, -0.2) is 18.2 Å². The first-order valence-corrected chi connectivity index (χ1v) is 10.6. The van der Waals surface area contributed by atoms with Crippen molar-refractivity contribution in [1.29, 1.82) is 0 Å².